The van der Waals surface area contributed by atoms with Crippen molar-refractivity contribution in [3.63, 3.8) is 0 Å². The average molecular weight is 366 g/mol. The van der Waals surface area contributed by atoms with Gasteiger partial charge in [-0.05, 0) is 26.0 Å². The molecule has 25 heavy (non-hydrogen) atoms. The molecular weight excluding hydrogens is 348 g/mol. The van der Waals surface area contributed by atoms with E-state index in [1.165, 1.54) is 11.1 Å². The van der Waals surface area contributed by atoms with Gasteiger partial charge in [-0.15, -0.1) is 5.92 Å². The predicted octanol–water partition coefficient (Wildman–Crippen LogP) is 1.06. The molecule has 0 aromatic carbocycles. The minimum Gasteiger partial charge on any atom is -0.480 e. The summed E-state index contributed by atoms with van der Waals surface area (Å²) in [6.45, 7) is 2.82. The van der Waals surface area contributed by atoms with Crippen LogP contribution in [0.4, 0.5) is 10.6 Å². The molecule has 2 heterocycles. The zero-order valence-corrected chi connectivity index (χ0v) is 14.8. The van der Waals surface area contributed by atoms with Gasteiger partial charge in [0.2, 0.25) is 0 Å². The maximum Gasteiger partial charge on any atom is 0.415 e. The summed E-state index contributed by atoms with van der Waals surface area (Å²) in [5.41, 5.74) is 0.686. The average Bonchev–Trinajstić information content (AvgIpc) is 2.87. The lowest BCUT2D eigenvalue weighted by Crippen LogP contribution is -2.46. The van der Waals surface area contributed by atoms with Gasteiger partial charge < -0.3 is 9.84 Å². The van der Waals surface area contributed by atoms with Crippen molar-refractivity contribution in [2.24, 2.45) is 0 Å². The van der Waals surface area contributed by atoms with E-state index in [1.807, 2.05) is 0 Å². The number of ether oxygens (including phenoxy) is 1. The van der Waals surface area contributed by atoms with Crippen molar-refractivity contribution in [1.82, 2.24) is 4.98 Å². The Hall–Kier alpha value is -2.60. The molecular formula is C16H18N2O6S. The molecule has 2 rings (SSSR count). The fourth-order valence-electron chi connectivity index (χ4n) is 2.41. The second-order valence-electron chi connectivity index (χ2n) is 5.91. The van der Waals surface area contributed by atoms with Crippen LogP contribution in [0.15, 0.2) is 18.3 Å². The Bertz CT molecular complexity index is 853. The van der Waals surface area contributed by atoms with E-state index in [1.54, 1.807) is 19.1 Å². The third-order valence-corrected chi connectivity index (χ3v) is 6.03. The van der Waals surface area contributed by atoms with E-state index in [0.717, 1.165) is 13.2 Å². The zero-order chi connectivity index (χ0) is 18.8. The van der Waals surface area contributed by atoms with E-state index in [2.05, 4.69) is 16.8 Å². The van der Waals surface area contributed by atoms with Crippen LogP contribution in [0.25, 0.3) is 0 Å². The molecule has 2 unspecified atom stereocenters. The van der Waals surface area contributed by atoms with E-state index in [9.17, 15) is 23.1 Å². The van der Waals surface area contributed by atoms with Gasteiger partial charge in [0.1, 0.15) is 11.9 Å². The molecule has 1 fully saturated rings. The summed E-state index contributed by atoms with van der Waals surface area (Å²) in [6, 6.07) is 3.29. The van der Waals surface area contributed by atoms with Gasteiger partial charge in [0.25, 0.3) is 0 Å². The van der Waals surface area contributed by atoms with Crippen molar-refractivity contribution in [2.45, 2.75) is 31.1 Å². The first-order chi connectivity index (χ1) is 11.6. The number of nitrogens with zero attached hydrogens (tertiary/aromatic N) is 2. The van der Waals surface area contributed by atoms with E-state index < -0.39 is 32.8 Å². The second-order valence-corrected chi connectivity index (χ2v) is 8.35. The molecule has 8 nitrogen and oxygen atoms in total. The minimum absolute atomic E-state index is 0.0169. The number of carboxylic acids is 1. The number of carbonyl (C=O) groups is 2. The van der Waals surface area contributed by atoms with Crippen LogP contribution < -0.4 is 4.90 Å². The number of cyclic esters (lactones) is 1. The van der Waals surface area contributed by atoms with E-state index in [-0.39, 0.29) is 13.0 Å². The quantitative estimate of drug-likeness (QED) is 0.775. The maximum atomic E-state index is 12.0. The van der Waals surface area contributed by atoms with Crippen LogP contribution >= 0.6 is 0 Å². The van der Waals surface area contributed by atoms with Gasteiger partial charge in [0.05, 0.1) is 6.54 Å². The molecule has 1 aliphatic heterocycles. The van der Waals surface area contributed by atoms with Crippen molar-refractivity contribution in [1.29, 1.82) is 0 Å². The standard InChI is InChI=1S/C16H18N2O6S/c1-4-5-11-6-7-13(17-9-11)18-10-12(24-15(18)21)8-16(2,14(19)20)25(3,22)23/h6-7,9,12H,8,10H2,1-3H3,(H,19,20). The molecule has 134 valence electrons. The number of pyridine rings is 1. The van der Waals surface area contributed by atoms with Crippen molar-refractivity contribution in [2.75, 3.05) is 17.7 Å². The molecule has 2 atom stereocenters. The van der Waals surface area contributed by atoms with Crippen LogP contribution in [-0.4, -0.2) is 54.2 Å². The van der Waals surface area contributed by atoms with Crippen LogP contribution in [0.3, 0.4) is 0 Å². The number of sulfone groups is 1. The Kier molecular flexibility index (Phi) is 5.04. The fourth-order valence-corrected chi connectivity index (χ4v) is 3.22. The number of aliphatic carboxylic acids is 1. The van der Waals surface area contributed by atoms with Crippen molar-refractivity contribution in [3.05, 3.63) is 23.9 Å². The van der Waals surface area contributed by atoms with Gasteiger partial charge in [-0.1, -0.05) is 5.92 Å². The Morgan fingerprint density at radius 2 is 2.20 bits per heavy atom. The lowest BCUT2D eigenvalue weighted by molar-refractivity contribution is -0.140. The molecule has 1 saturated heterocycles. The number of rotatable bonds is 5. The van der Waals surface area contributed by atoms with E-state index in [4.69, 9.17) is 4.74 Å². The first kappa shape index (κ1) is 18.7. The highest BCUT2D eigenvalue weighted by Crippen LogP contribution is 2.29. The molecule has 0 bridgehead atoms. The topological polar surface area (TPSA) is 114 Å². The summed E-state index contributed by atoms with van der Waals surface area (Å²) in [5.74, 6) is 4.40. The van der Waals surface area contributed by atoms with Gasteiger partial charge in [0.15, 0.2) is 14.6 Å². The summed E-state index contributed by atoms with van der Waals surface area (Å²) in [5, 5.41) is 9.30. The second kappa shape index (κ2) is 6.72. The molecule has 1 amide bonds. The smallest absolute Gasteiger partial charge is 0.415 e. The summed E-state index contributed by atoms with van der Waals surface area (Å²) in [7, 11) is -3.90. The van der Waals surface area contributed by atoms with Crippen LogP contribution in [0.2, 0.25) is 0 Å². The summed E-state index contributed by atoms with van der Waals surface area (Å²) >= 11 is 0. The number of hydrogen-bond donors (Lipinski definition) is 1. The number of aromatic nitrogens is 1. The monoisotopic (exact) mass is 366 g/mol. The predicted molar refractivity (Wildman–Crippen MR) is 89.9 cm³/mol. The van der Waals surface area contributed by atoms with Gasteiger partial charge in [0, 0.05) is 24.4 Å². The van der Waals surface area contributed by atoms with Crippen LogP contribution in [0.5, 0.6) is 0 Å². The number of carboxylic acid groups (broad SMARTS) is 1. The minimum atomic E-state index is -3.90. The van der Waals surface area contributed by atoms with Crippen molar-refractivity contribution >= 4 is 27.7 Å². The number of hydrogen-bond acceptors (Lipinski definition) is 6. The van der Waals surface area contributed by atoms with E-state index in [0.29, 0.717) is 11.4 Å². The lowest BCUT2D eigenvalue weighted by Gasteiger charge is -2.24. The summed E-state index contributed by atoms with van der Waals surface area (Å²) in [6.07, 6.45) is 0.436. The molecule has 9 heteroatoms. The van der Waals surface area contributed by atoms with Crippen molar-refractivity contribution < 1.29 is 27.9 Å². The number of carbonyl (C=O) groups excluding carboxylic acids is 1. The third kappa shape index (κ3) is 3.74. The highest BCUT2D eigenvalue weighted by atomic mass is 32.2. The van der Waals surface area contributed by atoms with Crippen LogP contribution in [0.1, 0.15) is 25.8 Å². The number of amides is 1. The van der Waals surface area contributed by atoms with Gasteiger partial charge in [-0.3, -0.25) is 9.69 Å². The molecule has 0 spiro atoms. The summed E-state index contributed by atoms with van der Waals surface area (Å²) < 4.78 is 26.8. The normalized spacial score (nSPS) is 19.6. The molecule has 0 radical (unpaired) electrons. The molecule has 1 aliphatic rings. The largest absolute Gasteiger partial charge is 0.480 e. The molecule has 0 aliphatic carbocycles. The van der Waals surface area contributed by atoms with Crippen molar-refractivity contribution in [3.8, 4) is 11.8 Å². The highest BCUT2D eigenvalue weighted by Gasteiger charge is 2.48. The zero-order valence-electron chi connectivity index (χ0n) is 14.0. The first-order valence-corrected chi connectivity index (χ1v) is 9.27. The van der Waals surface area contributed by atoms with Gasteiger partial charge >= 0.3 is 12.1 Å². The molecule has 1 aromatic heterocycles. The Morgan fingerprint density at radius 1 is 1.52 bits per heavy atom. The molecule has 0 saturated carbocycles. The molecule has 1 N–H and O–H groups in total. The Labute approximate surface area is 145 Å². The third-order valence-electron chi connectivity index (χ3n) is 4.06. The Morgan fingerprint density at radius 3 is 2.68 bits per heavy atom. The van der Waals surface area contributed by atoms with Gasteiger partial charge in [-0.2, -0.15) is 0 Å². The first-order valence-electron chi connectivity index (χ1n) is 7.38. The maximum absolute atomic E-state index is 12.0. The SMILES string of the molecule is CC#Cc1ccc(N2CC(CC(C)(C(=O)O)S(C)(=O)=O)OC2=O)nc1. The van der Waals surface area contributed by atoms with Crippen LogP contribution in [0, 0.1) is 11.8 Å². The summed E-state index contributed by atoms with van der Waals surface area (Å²) in [4.78, 5) is 28.8. The van der Waals surface area contributed by atoms with E-state index >= 15 is 0 Å². The number of anilines is 1. The van der Waals surface area contributed by atoms with Gasteiger partial charge in [-0.25, -0.2) is 18.2 Å². The molecule has 1 aromatic rings. The Balaban J connectivity index is 2.19. The van der Waals surface area contributed by atoms with Crippen LogP contribution in [-0.2, 0) is 19.4 Å². The fraction of sp³-hybridized carbons (Fsp3) is 0.438. The lowest BCUT2D eigenvalue weighted by atomic mass is 10.0. The highest BCUT2D eigenvalue weighted by molar-refractivity contribution is 7.92.